The van der Waals surface area contributed by atoms with Crippen molar-refractivity contribution in [3.8, 4) is 6.07 Å². The molecule has 5 heteroatoms. The number of aryl methyl sites for hydroxylation is 2. The smallest absolute Gasteiger partial charge is 0.0970 e. The van der Waals surface area contributed by atoms with Gasteiger partial charge in [0, 0.05) is 12.2 Å². The third kappa shape index (κ3) is 3.83. The van der Waals surface area contributed by atoms with Gasteiger partial charge < -0.3 is 5.32 Å². The quantitative estimate of drug-likeness (QED) is 0.878. The van der Waals surface area contributed by atoms with E-state index in [0.717, 1.165) is 41.8 Å². The molecule has 1 N–H and O–H groups in total. The maximum Gasteiger partial charge on any atom is 0.0970 e. The van der Waals surface area contributed by atoms with E-state index < -0.39 is 0 Å². The minimum atomic E-state index is -0.0855. The van der Waals surface area contributed by atoms with Gasteiger partial charge in [0.15, 0.2) is 0 Å². The molecule has 0 spiro atoms. The molecule has 1 aromatic rings. The van der Waals surface area contributed by atoms with Crippen LogP contribution in [0.15, 0.2) is 4.47 Å². The van der Waals surface area contributed by atoms with E-state index >= 15 is 0 Å². The van der Waals surface area contributed by atoms with Gasteiger partial charge in [0.2, 0.25) is 0 Å². The summed E-state index contributed by atoms with van der Waals surface area (Å²) < 4.78 is 3.02. The number of hydrogen-bond donors (Lipinski definition) is 1. The first-order valence-corrected chi connectivity index (χ1v) is 6.72. The third-order valence-electron chi connectivity index (χ3n) is 2.72. The Hall–Kier alpha value is -0.860. The van der Waals surface area contributed by atoms with Crippen LogP contribution < -0.4 is 5.32 Å². The predicted molar refractivity (Wildman–Crippen MR) is 71.7 cm³/mol. The van der Waals surface area contributed by atoms with Gasteiger partial charge in [0.25, 0.3) is 0 Å². The SMILES string of the molecule is CCCNC(C#N)CCn1nc(C)c(Br)c1C. The molecule has 0 saturated carbocycles. The van der Waals surface area contributed by atoms with Gasteiger partial charge in [-0.15, -0.1) is 0 Å². The lowest BCUT2D eigenvalue weighted by atomic mass is 10.2. The van der Waals surface area contributed by atoms with Crippen molar-refractivity contribution in [2.24, 2.45) is 0 Å². The van der Waals surface area contributed by atoms with Gasteiger partial charge in [0.05, 0.1) is 22.3 Å². The monoisotopic (exact) mass is 298 g/mol. The van der Waals surface area contributed by atoms with Crippen molar-refractivity contribution in [3.63, 3.8) is 0 Å². The fourth-order valence-electron chi connectivity index (χ4n) is 1.67. The number of hydrogen-bond acceptors (Lipinski definition) is 3. The Labute approximate surface area is 111 Å². The second-order valence-corrected chi connectivity index (χ2v) is 4.93. The topological polar surface area (TPSA) is 53.6 Å². The van der Waals surface area contributed by atoms with Gasteiger partial charge in [-0.2, -0.15) is 10.4 Å². The molecule has 0 aromatic carbocycles. The first-order valence-electron chi connectivity index (χ1n) is 5.92. The molecule has 1 atom stereocenters. The average molecular weight is 299 g/mol. The molecule has 17 heavy (non-hydrogen) atoms. The Bertz CT molecular complexity index is 405. The largest absolute Gasteiger partial charge is 0.302 e. The maximum absolute atomic E-state index is 9.01. The van der Waals surface area contributed by atoms with Crippen molar-refractivity contribution in [2.75, 3.05) is 6.54 Å². The molecule has 0 saturated heterocycles. The summed E-state index contributed by atoms with van der Waals surface area (Å²) in [6.07, 6.45) is 1.83. The molecule has 4 nitrogen and oxygen atoms in total. The first kappa shape index (κ1) is 14.2. The Balaban J connectivity index is 2.54. The summed E-state index contributed by atoms with van der Waals surface area (Å²) >= 11 is 3.50. The van der Waals surface area contributed by atoms with Gasteiger partial charge in [-0.05, 0) is 49.2 Å². The molecule has 1 unspecified atom stereocenters. The van der Waals surface area contributed by atoms with Crippen LogP contribution in [0, 0.1) is 25.2 Å². The lowest BCUT2D eigenvalue weighted by Crippen LogP contribution is -2.29. The van der Waals surface area contributed by atoms with Crippen LogP contribution in [-0.2, 0) is 6.54 Å². The molecular formula is C12H19BrN4. The third-order valence-corrected chi connectivity index (χ3v) is 3.87. The molecule has 1 heterocycles. The molecule has 0 amide bonds. The second kappa shape index (κ2) is 6.77. The average Bonchev–Trinajstić information content (AvgIpc) is 2.57. The van der Waals surface area contributed by atoms with Crippen LogP contribution in [0.1, 0.15) is 31.2 Å². The zero-order valence-corrected chi connectivity index (χ0v) is 12.2. The molecule has 1 rings (SSSR count). The number of nitrogens with one attached hydrogen (secondary N) is 1. The molecule has 0 aliphatic rings. The highest BCUT2D eigenvalue weighted by Gasteiger charge is 2.11. The van der Waals surface area contributed by atoms with E-state index in [4.69, 9.17) is 5.26 Å². The summed E-state index contributed by atoms with van der Waals surface area (Å²) in [4.78, 5) is 0. The second-order valence-electron chi connectivity index (χ2n) is 4.13. The van der Waals surface area contributed by atoms with Gasteiger partial charge in [-0.1, -0.05) is 6.92 Å². The molecule has 94 valence electrons. The summed E-state index contributed by atoms with van der Waals surface area (Å²) in [6, 6.07) is 2.20. The molecule has 1 aromatic heterocycles. The number of aromatic nitrogens is 2. The summed E-state index contributed by atoms with van der Waals surface area (Å²) in [5.41, 5.74) is 2.12. The number of rotatable bonds is 6. The fraction of sp³-hybridized carbons (Fsp3) is 0.667. The van der Waals surface area contributed by atoms with Crippen LogP contribution in [0.4, 0.5) is 0 Å². The van der Waals surface area contributed by atoms with Crippen molar-refractivity contribution in [2.45, 2.75) is 46.2 Å². The number of halogens is 1. The van der Waals surface area contributed by atoms with E-state index in [-0.39, 0.29) is 6.04 Å². The summed E-state index contributed by atoms with van der Waals surface area (Å²) in [5.74, 6) is 0. The molecule has 0 aliphatic heterocycles. The van der Waals surface area contributed by atoms with E-state index in [1.165, 1.54) is 0 Å². The highest BCUT2D eigenvalue weighted by atomic mass is 79.9. The van der Waals surface area contributed by atoms with Crippen molar-refractivity contribution in [1.29, 1.82) is 5.26 Å². The highest BCUT2D eigenvalue weighted by molar-refractivity contribution is 9.10. The minimum Gasteiger partial charge on any atom is -0.302 e. The Morgan fingerprint density at radius 2 is 2.24 bits per heavy atom. The van der Waals surface area contributed by atoms with E-state index in [9.17, 15) is 0 Å². The predicted octanol–water partition coefficient (Wildman–Crippen LogP) is 2.54. The Morgan fingerprint density at radius 3 is 2.71 bits per heavy atom. The lowest BCUT2D eigenvalue weighted by Gasteiger charge is -2.11. The van der Waals surface area contributed by atoms with Crippen LogP contribution >= 0.6 is 15.9 Å². The molecule has 0 radical (unpaired) electrons. The van der Waals surface area contributed by atoms with E-state index in [1.807, 2.05) is 18.5 Å². The molecule has 0 fully saturated rings. The maximum atomic E-state index is 9.01. The number of nitrogens with zero attached hydrogens (tertiary/aromatic N) is 3. The van der Waals surface area contributed by atoms with E-state index in [0.29, 0.717) is 0 Å². The summed E-state index contributed by atoms with van der Waals surface area (Å²) in [7, 11) is 0. The highest BCUT2D eigenvalue weighted by Crippen LogP contribution is 2.19. The summed E-state index contributed by atoms with van der Waals surface area (Å²) in [5, 5.41) is 16.7. The van der Waals surface area contributed by atoms with Crippen LogP contribution in [0.5, 0.6) is 0 Å². The molecule has 0 bridgehead atoms. The zero-order valence-electron chi connectivity index (χ0n) is 10.6. The Morgan fingerprint density at radius 1 is 1.53 bits per heavy atom. The van der Waals surface area contributed by atoms with E-state index in [1.54, 1.807) is 0 Å². The zero-order chi connectivity index (χ0) is 12.8. The van der Waals surface area contributed by atoms with Crippen molar-refractivity contribution in [1.82, 2.24) is 15.1 Å². The van der Waals surface area contributed by atoms with Gasteiger partial charge in [-0.25, -0.2) is 0 Å². The van der Waals surface area contributed by atoms with Crippen LogP contribution in [0.25, 0.3) is 0 Å². The van der Waals surface area contributed by atoms with Gasteiger partial charge in [0.1, 0.15) is 0 Å². The fourth-order valence-corrected chi connectivity index (χ4v) is 1.96. The van der Waals surface area contributed by atoms with Crippen LogP contribution in [0.3, 0.4) is 0 Å². The Kier molecular flexibility index (Phi) is 5.66. The van der Waals surface area contributed by atoms with Crippen molar-refractivity contribution in [3.05, 3.63) is 15.9 Å². The molecule has 0 aliphatic carbocycles. The summed E-state index contributed by atoms with van der Waals surface area (Å²) in [6.45, 7) is 7.77. The normalized spacial score (nSPS) is 12.4. The minimum absolute atomic E-state index is 0.0855. The van der Waals surface area contributed by atoms with Crippen molar-refractivity contribution < 1.29 is 0 Å². The van der Waals surface area contributed by atoms with Crippen LogP contribution in [-0.4, -0.2) is 22.4 Å². The lowest BCUT2D eigenvalue weighted by molar-refractivity contribution is 0.486. The standard InChI is InChI=1S/C12H19BrN4/c1-4-6-15-11(8-14)5-7-17-10(3)12(13)9(2)16-17/h11,15H,4-7H2,1-3H3. The number of nitriles is 1. The van der Waals surface area contributed by atoms with Gasteiger partial charge >= 0.3 is 0 Å². The van der Waals surface area contributed by atoms with Crippen LogP contribution in [0.2, 0.25) is 0 Å². The molecular weight excluding hydrogens is 280 g/mol. The first-order chi connectivity index (χ1) is 8.10. The van der Waals surface area contributed by atoms with E-state index in [2.05, 4.69) is 39.3 Å². The van der Waals surface area contributed by atoms with Crippen molar-refractivity contribution >= 4 is 15.9 Å². The van der Waals surface area contributed by atoms with Gasteiger partial charge in [-0.3, -0.25) is 4.68 Å².